The highest BCUT2D eigenvalue weighted by atomic mass is 35.5. The minimum Gasteiger partial charge on any atom is -0.441 e. The van der Waals surface area contributed by atoms with Gasteiger partial charge in [-0.25, -0.2) is 4.98 Å². The van der Waals surface area contributed by atoms with E-state index in [2.05, 4.69) is 34.4 Å². The van der Waals surface area contributed by atoms with E-state index in [0.717, 1.165) is 24.9 Å². The van der Waals surface area contributed by atoms with Gasteiger partial charge in [0.15, 0.2) is 11.7 Å². The SMILES string of the molecule is CN(CCCCNC(=O)CCc1ncc(-c2ccc(Cl)cc2)o1)c1ccccc1. The number of nitrogens with zero attached hydrogens (tertiary/aromatic N) is 2. The molecular formula is C23H26ClN3O2. The second kappa shape index (κ2) is 10.7. The lowest BCUT2D eigenvalue weighted by atomic mass is 10.2. The molecule has 0 saturated heterocycles. The van der Waals surface area contributed by atoms with Gasteiger partial charge in [0, 0.05) is 49.3 Å². The van der Waals surface area contributed by atoms with Gasteiger partial charge in [0.25, 0.3) is 0 Å². The molecule has 1 amide bonds. The van der Waals surface area contributed by atoms with E-state index < -0.39 is 0 Å². The molecule has 2 aromatic carbocycles. The zero-order valence-electron chi connectivity index (χ0n) is 16.6. The average molecular weight is 412 g/mol. The molecule has 6 heteroatoms. The second-order valence-electron chi connectivity index (χ2n) is 6.94. The van der Waals surface area contributed by atoms with Gasteiger partial charge in [-0.3, -0.25) is 4.79 Å². The van der Waals surface area contributed by atoms with E-state index in [1.54, 1.807) is 6.20 Å². The Bertz CT molecular complexity index is 894. The number of benzene rings is 2. The molecule has 1 heterocycles. The van der Waals surface area contributed by atoms with Gasteiger partial charge in [0.2, 0.25) is 5.91 Å². The van der Waals surface area contributed by atoms with E-state index in [4.69, 9.17) is 16.0 Å². The third-order valence-corrected chi connectivity index (χ3v) is 4.94. The van der Waals surface area contributed by atoms with Crippen LogP contribution in [0.2, 0.25) is 5.02 Å². The molecule has 152 valence electrons. The lowest BCUT2D eigenvalue weighted by Crippen LogP contribution is -2.26. The molecule has 1 aromatic heterocycles. The minimum atomic E-state index is 0.0210. The van der Waals surface area contributed by atoms with E-state index >= 15 is 0 Å². The molecule has 29 heavy (non-hydrogen) atoms. The highest BCUT2D eigenvalue weighted by molar-refractivity contribution is 6.30. The average Bonchev–Trinajstić information content (AvgIpc) is 3.22. The number of oxazole rings is 1. The van der Waals surface area contributed by atoms with E-state index in [-0.39, 0.29) is 5.91 Å². The van der Waals surface area contributed by atoms with Crippen LogP contribution in [0.5, 0.6) is 0 Å². The Morgan fingerprint density at radius 1 is 1.10 bits per heavy atom. The highest BCUT2D eigenvalue weighted by Gasteiger charge is 2.09. The quantitative estimate of drug-likeness (QED) is 0.479. The Labute approximate surface area is 176 Å². The number of carbonyl (C=O) groups excluding carboxylic acids is 1. The van der Waals surface area contributed by atoms with Crippen LogP contribution in [-0.4, -0.2) is 31.0 Å². The van der Waals surface area contributed by atoms with Gasteiger partial charge in [-0.15, -0.1) is 0 Å². The van der Waals surface area contributed by atoms with Gasteiger partial charge in [-0.05, 0) is 49.2 Å². The van der Waals surface area contributed by atoms with Crippen LogP contribution >= 0.6 is 11.6 Å². The van der Waals surface area contributed by atoms with Gasteiger partial charge >= 0.3 is 0 Å². The largest absolute Gasteiger partial charge is 0.441 e. The van der Waals surface area contributed by atoms with Crippen LogP contribution in [0, 0.1) is 0 Å². The summed E-state index contributed by atoms with van der Waals surface area (Å²) in [6.07, 6.45) is 4.50. The third-order valence-electron chi connectivity index (χ3n) is 4.69. The van der Waals surface area contributed by atoms with Crippen molar-refractivity contribution < 1.29 is 9.21 Å². The first-order chi connectivity index (χ1) is 14.1. The Morgan fingerprint density at radius 2 is 1.86 bits per heavy atom. The number of nitrogens with one attached hydrogen (secondary N) is 1. The van der Waals surface area contributed by atoms with Crippen molar-refractivity contribution in [3.8, 4) is 11.3 Å². The number of amides is 1. The molecule has 0 spiro atoms. The molecule has 0 unspecified atom stereocenters. The zero-order valence-corrected chi connectivity index (χ0v) is 17.4. The van der Waals surface area contributed by atoms with Gasteiger partial charge < -0.3 is 14.6 Å². The molecule has 5 nitrogen and oxygen atoms in total. The minimum absolute atomic E-state index is 0.0210. The van der Waals surface area contributed by atoms with E-state index in [1.807, 2.05) is 42.5 Å². The molecule has 0 fully saturated rings. The molecule has 0 aliphatic heterocycles. The van der Waals surface area contributed by atoms with Gasteiger partial charge in [0.1, 0.15) is 0 Å². The molecule has 1 N–H and O–H groups in total. The fourth-order valence-electron chi connectivity index (χ4n) is 3.00. The molecule has 0 radical (unpaired) electrons. The number of rotatable bonds is 10. The first-order valence-electron chi connectivity index (χ1n) is 9.85. The Hall–Kier alpha value is -2.79. The van der Waals surface area contributed by atoms with Crippen molar-refractivity contribution in [2.45, 2.75) is 25.7 Å². The van der Waals surface area contributed by atoms with Crippen molar-refractivity contribution in [1.82, 2.24) is 10.3 Å². The summed E-state index contributed by atoms with van der Waals surface area (Å²) < 4.78 is 5.73. The number of unbranched alkanes of at least 4 members (excludes halogenated alkanes) is 1. The number of hydrogen-bond donors (Lipinski definition) is 1. The highest BCUT2D eigenvalue weighted by Crippen LogP contribution is 2.22. The topological polar surface area (TPSA) is 58.4 Å². The van der Waals surface area contributed by atoms with Crippen LogP contribution in [0.25, 0.3) is 11.3 Å². The molecule has 0 atom stereocenters. The number of carbonyl (C=O) groups is 1. The van der Waals surface area contributed by atoms with Crippen LogP contribution in [0.1, 0.15) is 25.2 Å². The molecule has 0 saturated carbocycles. The summed E-state index contributed by atoms with van der Waals surface area (Å²) in [5, 5.41) is 3.65. The fourth-order valence-corrected chi connectivity index (χ4v) is 3.12. The second-order valence-corrected chi connectivity index (χ2v) is 7.38. The maximum absolute atomic E-state index is 12.0. The molecule has 3 rings (SSSR count). The molecule has 0 bridgehead atoms. The molecule has 3 aromatic rings. The summed E-state index contributed by atoms with van der Waals surface area (Å²) >= 11 is 5.90. The number of aryl methyl sites for hydroxylation is 1. The summed E-state index contributed by atoms with van der Waals surface area (Å²) in [6, 6.07) is 17.7. The summed E-state index contributed by atoms with van der Waals surface area (Å²) in [6.45, 7) is 1.65. The van der Waals surface area contributed by atoms with Crippen molar-refractivity contribution >= 4 is 23.2 Å². The van der Waals surface area contributed by atoms with E-state index in [0.29, 0.717) is 36.1 Å². The van der Waals surface area contributed by atoms with Gasteiger partial charge in [0.05, 0.1) is 6.20 Å². The van der Waals surface area contributed by atoms with Gasteiger partial charge in [-0.2, -0.15) is 0 Å². The van der Waals surface area contributed by atoms with E-state index in [1.165, 1.54) is 5.69 Å². The summed E-state index contributed by atoms with van der Waals surface area (Å²) in [4.78, 5) is 18.5. The van der Waals surface area contributed by atoms with E-state index in [9.17, 15) is 4.79 Å². The number of aromatic nitrogens is 1. The molecular weight excluding hydrogens is 386 g/mol. The molecule has 0 aliphatic carbocycles. The monoisotopic (exact) mass is 411 g/mol. The normalized spacial score (nSPS) is 10.7. The number of hydrogen-bond acceptors (Lipinski definition) is 4. The maximum atomic E-state index is 12.0. The maximum Gasteiger partial charge on any atom is 0.220 e. The van der Waals surface area contributed by atoms with Crippen LogP contribution < -0.4 is 10.2 Å². The smallest absolute Gasteiger partial charge is 0.220 e. The third kappa shape index (κ3) is 6.64. The Balaban J connectivity index is 1.32. The summed E-state index contributed by atoms with van der Waals surface area (Å²) in [7, 11) is 2.09. The van der Waals surface area contributed by atoms with Crippen LogP contribution in [0.4, 0.5) is 5.69 Å². The van der Waals surface area contributed by atoms with Crippen LogP contribution in [0.3, 0.4) is 0 Å². The lowest BCUT2D eigenvalue weighted by molar-refractivity contribution is -0.121. The Morgan fingerprint density at radius 3 is 2.62 bits per heavy atom. The summed E-state index contributed by atoms with van der Waals surface area (Å²) in [5.41, 5.74) is 2.12. The van der Waals surface area contributed by atoms with Crippen molar-refractivity contribution in [1.29, 1.82) is 0 Å². The number of para-hydroxylation sites is 1. The van der Waals surface area contributed by atoms with Crippen LogP contribution in [-0.2, 0) is 11.2 Å². The zero-order chi connectivity index (χ0) is 20.5. The first kappa shape index (κ1) is 20.9. The van der Waals surface area contributed by atoms with Crippen LogP contribution in [0.15, 0.2) is 65.2 Å². The van der Waals surface area contributed by atoms with Crippen molar-refractivity contribution in [2.24, 2.45) is 0 Å². The predicted molar refractivity (Wildman–Crippen MR) is 117 cm³/mol. The standard InChI is InChI=1S/C23H26ClN3O2/c1-27(20-7-3-2-4-8-20)16-6-5-15-25-22(28)13-14-23-26-17-21(29-23)18-9-11-19(24)12-10-18/h2-4,7-12,17H,5-6,13-16H2,1H3,(H,25,28). The Kier molecular flexibility index (Phi) is 7.70. The van der Waals surface area contributed by atoms with Crippen molar-refractivity contribution in [3.05, 3.63) is 71.7 Å². The van der Waals surface area contributed by atoms with Crippen molar-refractivity contribution in [3.63, 3.8) is 0 Å². The van der Waals surface area contributed by atoms with Gasteiger partial charge in [-0.1, -0.05) is 29.8 Å². The lowest BCUT2D eigenvalue weighted by Gasteiger charge is -2.19. The van der Waals surface area contributed by atoms with Crippen molar-refractivity contribution in [2.75, 3.05) is 25.0 Å². The number of anilines is 1. The summed E-state index contributed by atoms with van der Waals surface area (Å²) in [5.74, 6) is 1.27. The molecule has 0 aliphatic rings. The first-order valence-corrected chi connectivity index (χ1v) is 10.2. The predicted octanol–water partition coefficient (Wildman–Crippen LogP) is 4.96. The number of halogens is 1. The fraction of sp³-hybridized carbons (Fsp3) is 0.304.